The summed E-state index contributed by atoms with van der Waals surface area (Å²) >= 11 is 0. The van der Waals surface area contributed by atoms with Crippen LogP contribution in [0.5, 0.6) is 0 Å². The van der Waals surface area contributed by atoms with Crippen LogP contribution in [0.15, 0.2) is 41.9 Å². The number of carbonyl (C=O) groups excluding carboxylic acids is 1. The lowest BCUT2D eigenvalue weighted by Crippen LogP contribution is -1.92. The Balaban J connectivity index is 2.68. The predicted molar refractivity (Wildman–Crippen MR) is 47.5 cm³/mol. The molecule has 1 aromatic carbocycles. The number of benzene rings is 1. The van der Waals surface area contributed by atoms with E-state index >= 15 is 0 Å². The minimum Gasteiger partial charge on any atom is -0.267 e. The van der Waals surface area contributed by atoms with E-state index in [1.807, 2.05) is 18.2 Å². The molecule has 0 N–H and O–H groups in total. The molecule has 0 atom stereocenters. The number of carbonyl (C=O) groups is 1. The maximum Gasteiger partial charge on any atom is 0.278 e. The number of nitrogens with zero attached hydrogens (tertiary/aromatic N) is 1. The van der Waals surface area contributed by atoms with Gasteiger partial charge in [0, 0.05) is 5.56 Å². The van der Waals surface area contributed by atoms with Gasteiger partial charge in [0.2, 0.25) is 0 Å². The summed E-state index contributed by atoms with van der Waals surface area (Å²) in [5, 5.41) is 0. The molecule has 0 aromatic heterocycles. The summed E-state index contributed by atoms with van der Waals surface area (Å²) in [6.07, 6.45) is 1.60. The summed E-state index contributed by atoms with van der Waals surface area (Å²) in [6.45, 7) is 3.59. The highest BCUT2D eigenvalue weighted by molar-refractivity contribution is 6.25. The molecule has 2 heteroatoms. The zero-order valence-corrected chi connectivity index (χ0v) is 6.45. The van der Waals surface area contributed by atoms with E-state index in [1.54, 1.807) is 12.1 Å². The highest BCUT2D eigenvalue weighted by Crippen LogP contribution is 2.18. The molecule has 1 aromatic rings. The molecule has 1 heterocycles. The molecule has 0 radical (unpaired) electrons. The lowest BCUT2D eigenvalue weighted by molar-refractivity contribution is 0.101. The van der Waals surface area contributed by atoms with E-state index in [0.717, 1.165) is 5.56 Å². The smallest absolute Gasteiger partial charge is 0.267 e. The van der Waals surface area contributed by atoms with Crippen LogP contribution in [-0.4, -0.2) is 11.6 Å². The van der Waals surface area contributed by atoms with Crippen LogP contribution in [0, 0.1) is 0 Å². The van der Waals surface area contributed by atoms with Crippen molar-refractivity contribution in [3.8, 4) is 0 Å². The number of allylic oxidation sites excluding steroid dienone is 1. The third-order valence-electron chi connectivity index (χ3n) is 1.85. The second-order valence-electron chi connectivity index (χ2n) is 2.55. The molecule has 0 spiro atoms. The average molecular weight is 157 g/mol. The molecule has 1 amide bonds. The maximum absolute atomic E-state index is 11.2. The van der Waals surface area contributed by atoms with Crippen molar-refractivity contribution in [3.63, 3.8) is 0 Å². The second-order valence-corrected chi connectivity index (χ2v) is 2.55. The van der Waals surface area contributed by atoms with Gasteiger partial charge in [0.05, 0.1) is 11.3 Å². The Hall–Kier alpha value is -1.70. The largest absolute Gasteiger partial charge is 0.278 e. The number of amides is 1. The van der Waals surface area contributed by atoms with Crippen molar-refractivity contribution in [2.24, 2.45) is 4.99 Å². The molecule has 0 bridgehead atoms. The summed E-state index contributed by atoms with van der Waals surface area (Å²) < 4.78 is 0. The number of hydrogen-bond donors (Lipinski definition) is 0. The Bertz CT molecular complexity index is 391. The van der Waals surface area contributed by atoms with Gasteiger partial charge in [-0.05, 0) is 12.1 Å². The van der Waals surface area contributed by atoms with E-state index in [4.69, 9.17) is 0 Å². The fourth-order valence-electron chi connectivity index (χ4n) is 1.28. The van der Waals surface area contributed by atoms with E-state index in [9.17, 15) is 4.79 Å². The van der Waals surface area contributed by atoms with Crippen LogP contribution in [0.25, 0.3) is 0 Å². The van der Waals surface area contributed by atoms with Crippen LogP contribution in [-0.2, 0) is 0 Å². The van der Waals surface area contributed by atoms with Crippen LogP contribution in [0.4, 0.5) is 0 Å². The van der Waals surface area contributed by atoms with Gasteiger partial charge in [-0.25, -0.2) is 4.99 Å². The molecular formula is C10H7NO. The molecule has 0 aliphatic carbocycles. The molecule has 1 aliphatic heterocycles. The van der Waals surface area contributed by atoms with Crippen LogP contribution < -0.4 is 0 Å². The van der Waals surface area contributed by atoms with Gasteiger partial charge in [0.15, 0.2) is 0 Å². The SMILES string of the molecule is C=CC1=NC(=O)c2ccccc21. The summed E-state index contributed by atoms with van der Waals surface area (Å²) in [4.78, 5) is 15.0. The second kappa shape index (κ2) is 2.41. The highest BCUT2D eigenvalue weighted by atomic mass is 16.1. The first-order valence-electron chi connectivity index (χ1n) is 3.68. The standard InChI is InChI=1S/C10H7NO/c1-2-9-7-5-3-4-6-8(7)10(12)11-9/h2-6H,1H2. The first-order chi connectivity index (χ1) is 5.83. The summed E-state index contributed by atoms with van der Waals surface area (Å²) in [5.41, 5.74) is 2.24. The van der Waals surface area contributed by atoms with Crippen molar-refractivity contribution >= 4 is 11.6 Å². The third-order valence-corrected chi connectivity index (χ3v) is 1.85. The third kappa shape index (κ3) is 0.815. The van der Waals surface area contributed by atoms with Crippen molar-refractivity contribution in [2.45, 2.75) is 0 Å². The molecule has 1 aliphatic rings. The Morgan fingerprint density at radius 1 is 1.25 bits per heavy atom. The summed E-state index contributed by atoms with van der Waals surface area (Å²) in [5.74, 6) is -0.166. The zero-order valence-electron chi connectivity index (χ0n) is 6.45. The van der Waals surface area contributed by atoms with Crippen molar-refractivity contribution in [2.75, 3.05) is 0 Å². The fraction of sp³-hybridized carbons (Fsp3) is 0. The average Bonchev–Trinajstić information content (AvgIpc) is 2.44. The van der Waals surface area contributed by atoms with E-state index in [-0.39, 0.29) is 5.91 Å². The van der Waals surface area contributed by atoms with E-state index in [1.165, 1.54) is 0 Å². The van der Waals surface area contributed by atoms with Gasteiger partial charge < -0.3 is 0 Å². The Morgan fingerprint density at radius 2 is 1.92 bits per heavy atom. The lowest BCUT2D eigenvalue weighted by Gasteiger charge is -1.94. The van der Waals surface area contributed by atoms with Gasteiger partial charge in [-0.15, -0.1) is 0 Å². The van der Waals surface area contributed by atoms with Gasteiger partial charge in [0.25, 0.3) is 5.91 Å². The fourth-order valence-corrected chi connectivity index (χ4v) is 1.28. The molecule has 58 valence electrons. The first kappa shape index (κ1) is 6.98. The number of hydrogen-bond acceptors (Lipinski definition) is 1. The van der Waals surface area contributed by atoms with Gasteiger partial charge in [-0.2, -0.15) is 0 Å². The molecular weight excluding hydrogens is 150 g/mol. The molecule has 2 rings (SSSR count). The highest BCUT2D eigenvalue weighted by Gasteiger charge is 2.19. The van der Waals surface area contributed by atoms with Gasteiger partial charge in [-0.1, -0.05) is 24.8 Å². The quantitative estimate of drug-likeness (QED) is 0.611. The monoisotopic (exact) mass is 157 g/mol. The van der Waals surface area contributed by atoms with Crippen LogP contribution >= 0.6 is 0 Å². The summed E-state index contributed by atoms with van der Waals surface area (Å²) in [6, 6.07) is 7.37. The minimum absolute atomic E-state index is 0.166. The van der Waals surface area contributed by atoms with Crippen LogP contribution in [0.2, 0.25) is 0 Å². The predicted octanol–water partition coefficient (Wildman–Crippen LogP) is 1.82. The first-order valence-corrected chi connectivity index (χ1v) is 3.68. The zero-order chi connectivity index (χ0) is 8.55. The van der Waals surface area contributed by atoms with Crippen molar-refractivity contribution in [1.82, 2.24) is 0 Å². The van der Waals surface area contributed by atoms with Crippen LogP contribution in [0.3, 0.4) is 0 Å². The molecule has 0 saturated carbocycles. The van der Waals surface area contributed by atoms with Crippen molar-refractivity contribution in [3.05, 3.63) is 48.0 Å². The van der Waals surface area contributed by atoms with Gasteiger partial charge in [0.1, 0.15) is 0 Å². The summed E-state index contributed by atoms with van der Waals surface area (Å²) in [7, 11) is 0. The maximum atomic E-state index is 11.2. The molecule has 0 fully saturated rings. The minimum atomic E-state index is -0.166. The van der Waals surface area contributed by atoms with Crippen LogP contribution in [0.1, 0.15) is 15.9 Å². The van der Waals surface area contributed by atoms with Gasteiger partial charge in [-0.3, -0.25) is 4.79 Å². The normalized spacial score (nSPS) is 14.0. The van der Waals surface area contributed by atoms with E-state index in [0.29, 0.717) is 11.3 Å². The van der Waals surface area contributed by atoms with Crippen molar-refractivity contribution in [1.29, 1.82) is 0 Å². The molecule has 2 nitrogen and oxygen atoms in total. The Morgan fingerprint density at radius 3 is 2.58 bits per heavy atom. The molecule has 0 saturated heterocycles. The van der Waals surface area contributed by atoms with E-state index < -0.39 is 0 Å². The number of fused-ring (bicyclic) bond motifs is 1. The lowest BCUT2D eigenvalue weighted by atomic mass is 10.1. The topological polar surface area (TPSA) is 29.4 Å². The number of aliphatic imine (C=N–C) groups is 1. The van der Waals surface area contributed by atoms with Crippen molar-refractivity contribution < 1.29 is 4.79 Å². The number of rotatable bonds is 1. The van der Waals surface area contributed by atoms with Gasteiger partial charge >= 0.3 is 0 Å². The van der Waals surface area contributed by atoms with E-state index in [2.05, 4.69) is 11.6 Å². The molecule has 0 unspecified atom stereocenters. The molecule has 12 heavy (non-hydrogen) atoms. The Labute approximate surface area is 70.3 Å². The Kier molecular flexibility index (Phi) is 1.40.